The largest absolute Gasteiger partial charge is 0.489 e. The van der Waals surface area contributed by atoms with E-state index in [-0.39, 0.29) is 6.10 Å². The Bertz CT molecular complexity index is 1030. The topological polar surface area (TPSA) is 51.5 Å². The third kappa shape index (κ3) is 2.97. The molecule has 1 saturated carbocycles. The summed E-state index contributed by atoms with van der Waals surface area (Å²) >= 11 is 0. The van der Waals surface area contributed by atoms with Crippen LogP contribution in [0.5, 0.6) is 5.75 Å². The average Bonchev–Trinajstić information content (AvgIpc) is 3.07. The first-order chi connectivity index (χ1) is 13.7. The number of carboxylic acids is 1. The fourth-order valence-corrected chi connectivity index (χ4v) is 4.95. The zero-order valence-electron chi connectivity index (χ0n) is 15.9. The van der Waals surface area contributed by atoms with Crippen molar-refractivity contribution in [1.29, 1.82) is 0 Å². The van der Waals surface area contributed by atoms with Crippen molar-refractivity contribution in [3.63, 3.8) is 0 Å². The van der Waals surface area contributed by atoms with Crippen molar-refractivity contribution in [3.8, 4) is 17.0 Å². The third-order valence-corrected chi connectivity index (χ3v) is 6.41. The Kier molecular flexibility index (Phi) is 4.34. The van der Waals surface area contributed by atoms with Gasteiger partial charge in [0, 0.05) is 29.4 Å². The van der Waals surface area contributed by atoms with Crippen LogP contribution in [-0.4, -0.2) is 21.7 Å². The van der Waals surface area contributed by atoms with Crippen molar-refractivity contribution in [2.24, 2.45) is 5.92 Å². The van der Waals surface area contributed by atoms with Crippen LogP contribution in [0.3, 0.4) is 0 Å². The molecule has 1 atom stereocenters. The number of rotatable bonds is 2. The molecule has 0 saturated heterocycles. The van der Waals surface area contributed by atoms with Gasteiger partial charge >= 0.3 is 5.97 Å². The molecule has 0 radical (unpaired) electrons. The van der Waals surface area contributed by atoms with Crippen LogP contribution in [0.2, 0.25) is 0 Å². The Morgan fingerprint density at radius 2 is 1.82 bits per heavy atom. The number of benzene rings is 2. The molecule has 1 aliphatic carbocycles. The zero-order valence-corrected chi connectivity index (χ0v) is 15.9. The Balaban J connectivity index is 1.63. The van der Waals surface area contributed by atoms with Gasteiger partial charge in [-0.1, -0.05) is 37.5 Å². The number of carboxylic acid groups (broad SMARTS) is 1. The van der Waals surface area contributed by atoms with E-state index in [1.165, 1.54) is 32.1 Å². The summed E-state index contributed by atoms with van der Waals surface area (Å²) in [6.07, 6.45) is 7.59. The van der Waals surface area contributed by atoms with Crippen LogP contribution < -0.4 is 4.74 Å². The number of carbonyl (C=O) groups is 1. The Morgan fingerprint density at radius 3 is 2.64 bits per heavy atom. The average molecular weight is 375 g/mol. The second-order valence-corrected chi connectivity index (χ2v) is 8.10. The standard InChI is InChI=1S/C24H25NO3/c26-24(27)18-11-10-17-14-21-19-8-4-5-9-23(19)28-22(16-6-2-1-3-7-16)12-13-25(21)20(17)15-18/h4-5,8-11,14-16,22H,1-3,6-7,12-13H2,(H,26,27). The summed E-state index contributed by atoms with van der Waals surface area (Å²) in [5.74, 6) is 0.673. The van der Waals surface area contributed by atoms with Gasteiger partial charge in [0.2, 0.25) is 0 Å². The fraction of sp³-hybridized carbons (Fsp3) is 0.375. The monoisotopic (exact) mass is 375 g/mol. The number of hydrogen-bond donors (Lipinski definition) is 1. The summed E-state index contributed by atoms with van der Waals surface area (Å²) in [4.78, 5) is 11.5. The van der Waals surface area contributed by atoms with Crippen LogP contribution in [-0.2, 0) is 6.54 Å². The van der Waals surface area contributed by atoms with Crippen molar-refractivity contribution in [3.05, 3.63) is 54.1 Å². The molecular weight excluding hydrogens is 350 g/mol. The number of para-hydroxylation sites is 1. The van der Waals surface area contributed by atoms with Crippen molar-refractivity contribution in [1.82, 2.24) is 4.57 Å². The molecule has 144 valence electrons. The maximum absolute atomic E-state index is 11.5. The summed E-state index contributed by atoms with van der Waals surface area (Å²) in [6.45, 7) is 0.845. The van der Waals surface area contributed by atoms with Gasteiger partial charge in [0.05, 0.1) is 11.3 Å². The van der Waals surface area contributed by atoms with Crippen LogP contribution in [0.4, 0.5) is 0 Å². The summed E-state index contributed by atoms with van der Waals surface area (Å²) in [7, 11) is 0. The first-order valence-corrected chi connectivity index (χ1v) is 10.3. The van der Waals surface area contributed by atoms with Crippen LogP contribution >= 0.6 is 0 Å². The third-order valence-electron chi connectivity index (χ3n) is 6.41. The lowest BCUT2D eigenvalue weighted by molar-refractivity contribution is 0.0697. The first kappa shape index (κ1) is 17.4. The molecule has 1 N–H and O–H groups in total. The molecule has 4 heteroatoms. The lowest BCUT2D eigenvalue weighted by atomic mass is 9.84. The van der Waals surface area contributed by atoms with Crippen molar-refractivity contribution in [2.45, 2.75) is 51.2 Å². The van der Waals surface area contributed by atoms with Gasteiger partial charge in [0.1, 0.15) is 11.9 Å². The van der Waals surface area contributed by atoms with Gasteiger partial charge in [-0.15, -0.1) is 0 Å². The van der Waals surface area contributed by atoms with Crippen molar-refractivity contribution < 1.29 is 14.6 Å². The molecule has 0 spiro atoms. The number of ether oxygens (including phenoxy) is 1. The predicted molar refractivity (Wildman–Crippen MR) is 110 cm³/mol. The van der Waals surface area contributed by atoms with Gasteiger partial charge in [-0.05, 0) is 49.1 Å². The Labute approximate surface area is 164 Å². The lowest BCUT2D eigenvalue weighted by Crippen LogP contribution is -2.31. The van der Waals surface area contributed by atoms with Crippen LogP contribution in [0.15, 0.2) is 48.5 Å². The smallest absolute Gasteiger partial charge is 0.335 e. The van der Waals surface area contributed by atoms with Crippen LogP contribution in [0.1, 0.15) is 48.9 Å². The fourth-order valence-electron chi connectivity index (χ4n) is 4.95. The zero-order chi connectivity index (χ0) is 19.1. The molecule has 2 heterocycles. The minimum Gasteiger partial charge on any atom is -0.489 e. The summed E-state index contributed by atoms with van der Waals surface area (Å²) < 4.78 is 8.87. The molecule has 1 fully saturated rings. The van der Waals surface area contributed by atoms with E-state index >= 15 is 0 Å². The minimum atomic E-state index is -0.882. The van der Waals surface area contributed by atoms with E-state index in [9.17, 15) is 9.90 Å². The van der Waals surface area contributed by atoms with Crippen LogP contribution in [0.25, 0.3) is 22.2 Å². The highest BCUT2D eigenvalue weighted by Crippen LogP contribution is 2.40. The molecule has 0 bridgehead atoms. The van der Waals surface area contributed by atoms with Crippen molar-refractivity contribution >= 4 is 16.9 Å². The van der Waals surface area contributed by atoms with Gasteiger partial charge in [0.25, 0.3) is 0 Å². The quantitative estimate of drug-likeness (QED) is 0.621. The van der Waals surface area contributed by atoms with E-state index in [1.807, 2.05) is 24.3 Å². The summed E-state index contributed by atoms with van der Waals surface area (Å²) in [6, 6.07) is 15.8. The van der Waals surface area contributed by atoms with E-state index in [4.69, 9.17) is 4.74 Å². The van der Waals surface area contributed by atoms with E-state index in [0.29, 0.717) is 11.5 Å². The number of nitrogens with zero attached hydrogens (tertiary/aromatic N) is 1. The summed E-state index contributed by atoms with van der Waals surface area (Å²) in [5.41, 5.74) is 3.53. The molecule has 2 aliphatic rings. The molecule has 4 nitrogen and oxygen atoms in total. The van der Waals surface area contributed by atoms with Gasteiger partial charge in [-0.2, -0.15) is 0 Å². The Morgan fingerprint density at radius 1 is 1.00 bits per heavy atom. The maximum atomic E-state index is 11.5. The Hall–Kier alpha value is -2.75. The number of aromatic carboxylic acids is 1. The number of aryl methyl sites for hydroxylation is 1. The molecule has 1 aromatic heterocycles. The predicted octanol–water partition coefficient (Wildman–Crippen LogP) is 5.74. The van der Waals surface area contributed by atoms with E-state index in [0.717, 1.165) is 40.9 Å². The highest BCUT2D eigenvalue weighted by atomic mass is 16.5. The normalized spacial score (nSPS) is 19.9. The molecule has 3 aromatic rings. The van der Waals surface area contributed by atoms with Gasteiger partial charge in [-0.3, -0.25) is 0 Å². The molecule has 1 aliphatic heterocycles. The maximum Gasteiger partial charge on any atom is 0.335 e. The van der Waals surface area contributed by atoms with Crippen molar-refractivity contribution in [2.75, 3.05) is 0 Å². The van der Waals surface area contributed by atoms with E-state index < -0.39 is 5.97 Å². The van der Waals surface area contributed by atoms with E-state index in [1.54, 1.807) is 6.07 Å². The lowest BCUT2D eigenvalue weighted by Gasteiger charge is -2.33. The second kappa shape index (κ2) is 7.01. The molecule has 2 aromatic carbocycles. The molecular formula is C24H25NO3. The first-order valence-electron chi connectivity index (χ1n) is 10.3. The molecule has 5 rings (SSSR count). The SMILES string of the molecule is O=C(O)c1ccc2cc3n(c2c1)CCC(C1CCCCC1)Oc1ccccc1-3. The van der Waals surface area contributed by atoms with Gasteiger partial charge in [-0.25, -0.2) is 4.79 Å². The number of aromatic nitrogens is 1. The minimum absolute atomic E-state index is 0.217. The second-order valence-electron chi connectivity index (χ2n) is 8.10. The molecule has 1 unspecified atom stereocenters. The van der Waals surface area contributed by atoms with Gasteiger partial charge in [0.15, 0.2) is 0 Å². The van der Waals surface area contributed by atoms with E-state index in [2.05, 4.69) is 22.8 Å². The van der Waals surface area contributed by atoms with Crippen LogP contribution in [0, 0.1) is 5.92 Å². The molecule has 0 amide bonds. The number of hydrogen-bond acceptors (Lipinski definition) is 2. The van der Waals surface area contributed by atoms with Gasteiger partial charge < -0.3 is 14.4 Å². The highest BCUT2D eigenvalue weighted by molar-refractivity contribution is 5.95. The highest BCUT2D eigenvalue weighted by Gasteiger charge is 2.28. The summed E-state index contributed by atoms with van der Waals surface area (Å²) in [5, 5.41) is 10.5. The molecule has 28 heavy (non-hydrogen) atoms. The number of fused-ring (bicyclic) bond motifs is 5.